The van der Waals surface area contributed by atoms with Crippen LogP contribution in [0, 0.1) is 39.3 Å². The number of halogens is 2. The van der Waals surface area contributed by atoms with Gasteiger partial charge in [-0.3, -0.25) is 9.59 Å². The van der Waals surface area contributed by atoms with Crippen LogP contribution in [0.4, 0.5) is 29.7 Å². The number of hydrogen-bond acceptors (Lipinski definition) is 9. The standard InChI is InChI=1S/C31H45FN4O4.C22H33FN2O4/c1-11-35(24-13-20(4)36(21(5)14-24)30(39)40-31(7,8)9)27-16-23(32)15-25(22(27)6)28(37)33-17-26-18(2)12-19(3)34(10)29(26)38;1-8-24(19-12-16(23)11-18(15(19)4)20(26)27)17-9-13(2)25(14(3)10-17)21(28)29-22(5,6)7/h12,15-16,20-21,24H,11,13-14,17H2,1-10H3,(H,33,37);11-14,17H,8-10H2,1-7H3,(H,26,27)/t20-,21-;13-,14-/m11/s1. The minimum atomic E-state index is -1.14. The number of ether oxygens (including phenoxy) is 2. The number of amides is 3. The Hall–Kier alpha value is -5.67. The van der Waals surface area contributed by atoms with E-state index in [0.717, 1.165) is 17.3 Å². The number of likely N-dealkylation sites (tertiary alicyclic amines) is 2. The number of carbonyl (C=O) groups excluding carboxylic acids is 3. The van der Waals surface area contributed by atoms with Gasteiger partial charge in [-0.15, -0.1) is 0 Å². The van der Waals surface area contributed by atoms with Crippen molar-refractivity contribution in [3.63, 3.8) is 0 Å². The fourth-order valence-corrected chi connectivity index (χ4v) is 10.1. The van der Waals surface area contributed by atoms with Gasteiger partial charge in [-0.2, -0.15) is 0 Å². The number of benzene rings is 2. The third-order valence-electron chi connectivity index (χ3n) is 13.3. The molecule has 2 aromatic carbocycles. The number of nitrogens with one attached hydrogen (secondary N) is 1. The Bertz CT molecular complexity index is 2400. The van der Waals surface area contributed by atoms with Gasteiger partial charge >= 0.3 is 18.2 Å². The summed E-state index contributed by atoms with van der Waals surface area (Å²) in [6.45, 7) is 31.6. The van der Waals surface area contributed by atoms with Gasteiger partial charge in [0.15, 0.2) is 0 Å². The highest BCUT2D eigenvalue weighted by Crippen LogP contribution is 2.36. The molecule has 2 aliphatic rings. The molecule has 3 heterocycles. The summed E-state index contributed by atoms with van der Waals surface area (Å²) in [5.74, 6) is -2.63. The van der Waals surface area contributed by atoms with Gasteiger partial charge in [-0.1, -0.05) is 0 Å². The van der Waals surface area contributed by atoms with Gasteiger partial charge in [0.1, 0.15) is 22.8 Å². The molecule has 2 aliphatic heterocycles. The number of nitrogens with zero attached hydrogens (tertiary/aromatic N) is 5. The van der Waals surface area contributed by atoms with Crippen LogP contribution in [0.2, 0.25) is 0 Å². The zero-order valence-electron chi connectivity index (χ0n) is 44.1. The summed E-state index contributed by atoms with van der Waals surface area (Å²) >= 11 is 0. The van der Waals surface area contributed by atoms with Crippen molar-refractivity contribution in [1.29, 1.82) is 0 Å². The number of rotatable bonds is 10. The molecule has 0 spiro atoms. The van der Waals surface area contributed by atoms with Crippen molar-refractivity contribution in [2.24, 2.45) is 7.05 Å². The molecular weight excluding hydrogens is 887 g/mol. The SMILES string of the molecule is CCN(c1cc(F)cc(C(=O)NCc2c(C)cc(C)n(C)c2=O)c1C)C1C[C@@H](C)N(C(=O)OC(C)(C)C)[C@H](C)C1.CCN(c1cc(F)cc(C(=O)O)c1C)C1C[C@@H](C)N(C(=O)OC(C)(C)C)[C@H](C)C1. The Morgan fingerprint density at radius 2 is 1.06 bits per heavy atom. The average molecular weight is 965 g/mol. The Labute approximate surface area is 408 Å². The lowest BCUT2D eigenvalue weighted by atomic mass is 9.90. The summed E-state index contributed by atoms with van der Waals surface area (Å²) in [6, 6.07) is 6.94. The van der Waals surface area contributed by atoms with Crippen LogP contribution < -0.4 is 20.7 Å². The highest BCUT2D eigenvalue weighted by Gasteiger charge is 2.40. The highest BCUT2D eigenvalue weighted by atomic mass is 19.1. The first-order chi connectivity index (χ1) is 31.9. The molecule has 0 radical (unpaired) electrons. The van der Waals surface area contributed by atoms with Gasteiger partial charge in [0.25, 0.3) is 11.5 Å². The van der Waals surface area contributed by atoms with Crippen LogP contribution in [-0.2, 0) is 23.1 Å². The van der Waals surface area contributed by atoms with Gasteiger partial charge in [-0.05, 0) is 183 Å². The monoisotopic (exact) mass is 965 g/mol. The third-order valence-corrected chi connectivity index (χ3v) is 13.3. The summed E-state index contributed by atoms with van der Waals surface area (Å²) < 4.78 is 41.9. The number of piperidine rings is 2. The zero-order valence-corrected chi connectivity index (χ0v) is 44.1. The Morgan fingerprint density at radius 3 is 1.42 bits per heavy atom. The van der Waals surface area contributed by atoms with Gasteiger partial charge in [0.05, 0.1) is 5.56 Å². The van der Waals surface area contributed by atoms with E-state index in [1.54, 1.807) is 28.3 Å². The number of anilines is 2. The molecule has 0 bridgehead atoms. The number of aromatic carboxylic acids is 1. The van der Waals surface area contributed by atoms with Crippen molar-refractivity contribution in [3.05, 3.63) is 91.4 Å². The first-order valence-corrected chi connectivity index (χ1v) is 24.2. The molecule has 0 unspecified atom stereocenters. The molecule has 1 aromatic heterocycles. The van der Waals surface area contributed by atoms with Gasteiger partial charge < -0.3 is 44.1 Å². The van der Waals surface area contributed by atoms with Crippen molar-refractivity contribution in [2.75, 3.05) is 22.9 Å². The maximum atomic E-state index is 15.0. The largest absolute Gasteiger partial charge is 0.478 e. The topological polar surface area (TPSA) is 154 Å². The normalized spacial score (nSPS) is 20.6. The highest BCUT2D eigenvalue weighted by molar-refractivity contribution is 5.97. The lowest BCUT2D eigenvalue weighted by molar-refractivity contribution is -0.00367. The first kappa shape index (κ1) is 55.9. The zero-order chi connectivity index (χ0) is 52.2. The lowest BCUT2D eigenvalue weighted by Crippen LogP contribution is -2.56. The quantitative estimate of drug-likeness (QED) is 0.201. The molecule has 14 nitrogen and oxygen atoms in total. The summed E-state index contributed by atoms with van der Waals surface area (Å²) in [6.07, 6.45) is 2.10. The van der Waals surface area contributed by atoms with Crippen LogP contribution in [0.15, 0.2) is 35.1 Å². The fourth-order valence-electron chi connectivity index (χ4n) is 10.1. The van der Waals surface area contributed by atoms with E-state index < -0.39 is 34.7 Å². The maximum Gasteiger partial charge on any atom is 0.410 e. The van der Waals surface area contributed by atoms with Crippen LogP contribution in [0.5, 0.6) is 0 Å². The molecule has 2 saturated heterocycles. The van der Waals surface area contributed by atoms with Crippen molar-refractivity contribution in [2.45, 2.75) is 190 Å². The number of pyridine rings is 1. The Morgan fingerprint density at radius 1 is 0.681 bits per heavy atom. The minimum Gasteiger partial charge on any atom is -0.478 e. The van der Waals surface area contributed by atoms with Crippen LogP contribution in [0.25, 0.3) is 0 Å². The average Bonchev–Trinajstić information content (AvgIpc) is 3.21. The second-order valence-electron chi connectivity index (χ2n) is 21.0. The van der Waals surface area contributed by atoms with Crippen molar-refractivity contribution < 1.29 is 42.5 Å². The van der Waals surface area contributed by atoms with Gasteiger partial charge in [0.2, 0.25) is 0 Å². The predicted octanol–water partition coefficient (Wildman–Crippen LogP) is 10.2. The van der Waals surface area contributed by atoms with E-state index in [-0.39, 0.29) is 71.7 Å². The van der Waals surface area contributed by atoms with Crippen LogP contribution in [-0.4, -0.2) is 104 Å². The third kappa shape index (κ3) is 13.6. The van der Waals surface area contributed by atoms with Crippen molar-refractivity contribution >= 4 is 35.4 Å². The fraction of sp³-hybridized carbons (Fsp3) is 0.604. The molecule has 0 saturated carbocycles. The number of carboxylic acid groups (broad SMARTS) is 1. The summed E-state index contributed by atoms with van der Waals surface area (Å²) in [5, 5.41) is 12.2. The Balaban J connectivity index is 0.000000317. The second kappa shape index (κ2) is 22.4. The summed E-state index contributed by atoms with van der Waals surface area (Å²) in [5.41, 5.74) is 3.54. The van der Waals surface area contributed by atoms with Crippen molar-refractivity contribution in [1.82, 2.24) is 19.7 Å². The molecule has 2 N–H and O–H groups in total. The second-order valence-corrected chi connectivity index (χ2v) is 21.0. The molecule has 5 rings (SSSR count). The first-order valence-electron chi connectivity index (χ1n) is 24.2. The molecule has 0 aliphatic carbocycles. The summed E-state index contributed by atoms with van der Waals surface area (Å²) in [7, 11) is 1.70. The molecule has 4 atom stereocenters. The van der Waals surface area contributed by atoms with E-state index in [1.165, 1.54) is 18.2 Å². The number of hydrogen-bond donors (Lipinski definition) is 2. The van der Waals surface area contributed by atoms with Gasteiger partial charge in [0, 0.05) is 91.1 Å². The summed E-state index contributed by atoms with van der Waals surface area (Å²) in [4.78, 5) is 70.8. The molecular formula is C53H78F2N6O8. The molecule has 16 heteroatoms. The molecule has 69 heavy (non-hydrogen) atoms. The van der Waals surface area contributed by atoms with E-state index in [9.17, 15) is 37.9 Å². The predicted molar refractivity (Wildman–Crippen MR) is 268 cm³/mol. The van der Waals surface area contributed by atoms with E-state index in [4.69, 9.17) is 9.47 Å². The van der Waals surface area contributed by atoms with E-state index >= 15 is 0 Å². The van der Waals surface area contributed by atoms with E-state index in [2.05, 4.69) is 15.1 Å². The number of aryl methyl sites for hydroxylation is 2. The number of carboxylic acids is 1. The molecule has 3 aromatic rings. The molecule has 3 amide bonds. The number of aromatic nitrogens is 1. The smallest absolute Gasteiger partial charge is 0.410 e. The number of carbonyl (C=O) groups is 4. The van der Waals surface area contributed by atoms with Crippen LogP contribution in [0.1, 0.15) is 157 Å². The van der Waals surface area contributed by atoms with Crippen LogP contribution >= 0.6 is 0 Å². The van der Waals surface area contributed by atoms with Crippen LogP contribution in [0.3, 0.4) is 0 Å². The van der Waals surface area contributed by atoms with Crippen molar-refractivity contribution in [3.8, 4) is 0 Å². The van der Waals surface area contributed by atoms with E-state index in [0.29, 0.717) is 66.8 Å². The Kier molecular flexibility index (Phi) is 18.1. The van der Waals surface area contributed by atoms with E-state index in [1.807, 2.05) is 110 Å². The minimum absolute atomic E-state index is 0.0225. The van der Waals surface area contributed by atoms with Gasteiger partial charge in [-0.25, -0.2) is 23.2 Å². The maximum absolute atomic E-state index is 15.0. The molecule has 2 fully saturated rings. The molecule has 382 valence electrons. The lowest BCUT2D eigenvalue weighted by Gasteiger charge is -2.47.